The average molecular weight is 375 g/mol. The molecule has 0 radical (unpaired) electrons. The van der Waals surface area contributed by atoms with Gasteiger partial charge < -0.3 is 4.52 Å². The lowest BCUT2D eigenvalue weighted by Gasteiger charge is -2.19. The van der Waals surface area contributed by atoms with Crippen molar-refractivity contribution < 1.29 is 14.1 Å². The van der Waals surface area contributed by atoms with E-state index >= 15 is 0 Å². The largest absolute Gasteiger partial charge is 0.361 e. The summed E-state index contributed by atoms with van der Waals surface area (Å²) in [6, 6.07) is 1.98. The Hall–Kier alpha value is -2.15. The minimum Gasteiger partial charge on any atom is -0.361 e. The molecule has 140 valence electrons. The van der Waals surface area contributed by atoms with E-state index in [-0.39, 0.29) is 18.2 Å². The molecule has 2 aromatic rings. The Bertz CT molecular complexity index is 790. The Labute approximate surface area is 157 Å². The molecule has 1 atom stereocenters. The zero-order valence-corrected chi connectivity index (χ0v) is 16.3. The van der Waals surface area contributed by atoms with Gasteiger partial charge in [-0.2, -0.15) is 0 Å². The van der Waals surface area contributed by atoms with Crippen molar-refractivity contribution in [3.05, 3.63) is 38.4 Å². The highest BCUT2D eigenvalue weighted by atomic mass is 32.1. The van der Waals surface area contributed by atoms with E-state index in [2.05, 4.69) is 22.9 Å². The smallest absolute Gasteiger partial charge is 0.279 e. The highest BCUT2D eigenvalue weighted by molar-refractivity contribution is 7.14. The minimum absolute atomic E-state index is 0.231. The fourth-order valence-electron chi connectivity index (χ4n) is 3.41. The molecule has 2 N–H and O–H groups in total. The molecule has 0 aromatic carbocycles. The van der Waals surface area contributed by atoms with Crippen molar-refractivity contribution in [3.8, 4) is 0 Å². The lowest BCUT2D eigenvalue weighted by atomic mass is 9.87. The molecule has 0 saturated heterocycles. The first kappa shape index (κ1) is 18.6. The number of hydrogen-bond donors (Lipinski definition) is 2. The number of thiophene rings is 1. The van der Waals surface area contributed by atoms with E-state index in [9.17, 15) is 9.59 Å². The monoisotopic (exact) mass is 375 g/mol. The number of carbonyl (C=O) groups excluding carboxylic acids is 2. The van der Waals surface area contributed by atoms with Crippen LogP contribution in [0.25, 0.3) is 0 Å². The van der Waals surface area contributed by atoms with Crippen LogP contribution in [0.5, 0.6) is 0 Å². The summed E-state index contributed by atoms with van der Waals surface area (Å²) in [6.45, 7) is 5.90. The van der Waals surface area contributed by atoms with E-state index in [0.29, 0.717) is 11.3 Å². The molecular formula is C19H25N3O3S. The molecule has 2 amide bonds. The minimum atomic E-state index is -0.247. The molecule has 1 aliphatic carbocycles. The molecule has 0 fully saturated rings. The molecule has 0 unspecified atom stereocenters. The van der Waals surface area contributed by atoms with Crippen LogP contribution in [0.4, 0.5) is 0 Å². The second kappa shape index (κ2) is 8.03. The summed E-state index contributed by atoms with van der Waals surface area (Å²) < 4.78 is 5.09. The molecule has 2 aromatic heterocycles. The average Bonchev–Trinajstić information content (AvgIpc) is 3.20. The summed E-state index contributed by atoms with van der Waals surface area (Å²) in [5.41, 5.74) is 8.07. The van der Waals surface area contributed by atoms with Crippen LogP contribution in [0.2, 0.25) is 0 Å². The SMILES string of the molecule is CC[C@@H]1CCc2sc(C(=O)NNC(=O)CCc3c(C)noc3C)cc2C1. The van der Waals surface area contributed by atoms with Crippen molar-refractivity contribution >= 4 is 23.2 Å². The van der Waals surface area contributed by atoms with Gasteiger partial charge in [-0.25, -0.2) is 0 Å². The number of rotatable bonds is 5. The van der Waals surface area contributed by atoms with Crippen LogP contribution in [0, 0.1) is 19.8 Å². The highest BCUT2D eigenvalue weighted by Gasteiger charge is 2.22. The van der Waals surface area contributed by atoms with Crippen molar-refractivity contribution in [1.29, 1.82) is 0 Å². The predicted molar refractivity (Wildman–Crippen MR) is 100 cm³/mol. The van der Waals surface area contributed by atoms with Crippen LogP contribution in [-0.2, 0) is 24.1 Å². The van der Waals surface area contributed by atoms with Gasteiger partial charge in [-0.3, -0.25) is 20.4 Å². The second-order valence-corrected chi connectivity index (χ2v) is 8.02. The lowest BCUT2D eigenvalue weighted by molar-refractivity contribution is -0.121. The van der Waals surface area contributed by atoms with Crippen LogP contribution in [0.3, 0.4) is 0 Å². The van der Waals surface area contributed by atoms with Gasteiger partial charge in [-0.15, -0.1) is 11.3 Å². The van der Waals surface area contributed by atoms with Gasteiger partial charge in [0, 0.05) is 16.9 Å². The van der Waals surface area contributed by atoms with E-state index in [0.717, 1.165) is 35.8 Å². The maximum atomic E-state index is 12.3. The zero-order chi connectivity index (χ0) is 18.7. The zero-order valence-electron chi connectivity index (χ0n) is 15.5. The van der Waals surface area contributed by atoms with Crippen molar-refractivity contribution in [2.24, 2.45) is 5.92 Å². The fraction of sp³-hybridized carbons (Fsp3) is 0.526. The van der Waals surface area contributed by atoms with E-state index in [1.807, 2.05) is 19.9 Å². The third-order valence-electron chi connectivity index (χ3n) is 5.08. The molecule has 0 spiro atoms. The molecule has 2 heterocycles. The molecule has 6 nitrogen and oxygen atoms in total. The van der Waals surface area contributed by atoms with Gasteiger partial charge in [-0.1, -0.05) is 18.5 Å². The number of hydrazine groups is 1. The third kappa shape index (κ3) is 4.15. The van der Waals surface area contributed by atoms with E-state index in [4.69, 9.17) is 4.52 Å². The van der Waals surface area contributed by atoms with Gasteiger partial charge >= 0.3 is 0 Å². The van der Waals surface area contributed by atoms with Crippen molar-refractivity contribution in [2.45, 2.75) is 59.3 Å². The van der Waals surface area contributed by atoms with Crippen LogP contribution >= 0.6 is 11.3 Å². The second-order valence-electron chi connectivity index (χ2n) is 6.88. The van der Waals surface area contributed by atoms with Crippen molar-refractivity contribution in [3.63, 3.8) is 0 Å². The maximum Gasteiger partial charge on any atom is 0.279 e. The molecule has 0 saturated carbocycles. The first-order chi connectivity index (χ1) is 12.5. The summed E-state index contributed by atoms with van der Waals surface area (Å²) in [6.07, 6.45) is 5.29. The normalized spacial score (nSPS) is 16.2. The number of aromatic nitrogens is 1. The Balaban J connectivity index is 1.50. The Morgan fingerprint density at radius 1 is 1.35 bits per heavy atom. The number of aryl methyl sites for hydroxylation is 3. The van der Waals surface area contributed by atoms with Gasteiger partial charge in [0.15, 0.2) is 0 Å². The van der Waals surface area contributed by atoms with Crippen LogP contribution in [-0.4, -0.2) is 17.0 Å². The maximum absolute atomic E-state index is 12.3. The Kier molecular flexibility index (Phi) is 5.76. The quantitative estimate of drug-likeness (QED) is 0.786. The molecule has 0 bridgehead atoms. The molecule has 0 aliphatic heterocycles. The standard InChI is InChI=1S/C19H25N3O3S/c1-4-13-5-7-16-14(9-13)10-17(26-16)19(24)21-20-18(23)8-6-15-11(2)22-25-12(15)3/h10,13H,4-9H2,1-3H3,(H,20,23)(H,21,24)/t13-/m1/s1. The predicted octanol–water partition coefficient (Wildman–Crippen LogP) is 3.26. The van der Waals surface area contributed by atoms with Crippen molar-refractivity contribution in [2.75, 3.05) is 0 Å². The van der Waals surface area contributed by atoms with Crippen LogP contribution in [0.1, 0.15) is 63.3 Å². The van der Waals surface area contributed by atoms with E-state index in [1.165, 1.54) is 34.6 Å². The number of carbonyl (C=O) groups is 2. The number of nitrogens with one attached hydrogen (secondary N) is 2. The van der Waals surface area contributed by atoms with E-state index < -0.39 is 0 Å². The molecule has 3 rings (SSSR count). The van der Waals surface area contributed by atoms with Gasteiger partial charge in [0.2, 0.25) is 5.91 Å². The summed E-state index contributed by atoms with van der Waals surface area (Å²) in [5.74, 6) is 0.972. The topological polar surface area (TPSA) is 84.2 Å². The molecule has 26 heavy (non-hydrogen) atoms. The third-order valence-corrected chi connectivity index (χ3v) is 6.32. The summed E-state index contributed by atoms with van der Waals surface area (Å²) in [4.78, 5) is 26.3. The van der Waals surface area contributed by atoms with Gasteiger partial charge in [0.25, 0.3) is 5.91 Å². The first-order valence-electron chi connectivity index (χ1n) is 9.10. The van der Waals surface area contributed by atoms with Gasteiger partial charge in [0.05, 0.1) is 10.6 Å². The number of nitrogens with zero attached hydrogens (tertiary/aromatic N) is 1. The van der Waals surface area contributed by atoms with E-state index in [1.54, 1.807) is 0 Å². The van der Waals surface area contributed by atoms with Crippen molar-refractivity contribution in [1.82, 2.24) is 16.0 Å². The Morgan fingerprint density at radius 3 is 2.85 bits per heavy atom. The Morgan fingerprint density at radius 2 is 2.15 bits per heavy atom. The number of hydrogen-bond acceptors (Lipinski definition) is 5. The highest BCUT2D eigenvalue weighted by Crippen LogP contribution is 2.33. The first-order valence-corrected chi connectivity index (χ1v) is 9.92. The van der Waals surface area contributed by atoms with Crippen LogP contribution < -0.4 is 10.9 Å². The number of fused-ring (bicyclic) bond motifs is 1. The summed E-state index contributed by atoms with van der Waals surface area (Å²) in [7, 11) is 0. The fourth-order valence-corrected chi connectivity index (χ4v) is 4.51. The molecule has 7 heteroatoms. The number of amides is 2. The summed E-state index contributed by atoms with van der Waals surface area (Å²) >= 11 is 1.54. The lowest BCUT2D eigenvalue weighted by Crippen LogP contribution is -2.41. The van der Waals surface area contributed by atoms with Gasteiger partial charge in [-0.05, 0) is 57.1 Å². The van der Waals surface area contributed by atoms with Gasteiger partial charge in [0.1, 0.15) is 5.76 Å². The molecular weight excluding hydrogens is 350 g/mol. The summed E-state index contributed by atoms with van der Waals surface area (Å²) in [5, 5.41) is 3.88. The molecule has 1 aliphatic rings. The van der Waals surface area contributed by atoms with Crippen LogP contribution in [0.15, 0.2) is 10.6 Å².